The Morgan fingerprint density at radius 1 is 1.22 bits per heavy atom. The maximum Gasteiger partial charge on any atom is 0.228 e. The Morgan fingerprint density at radius 2 is 2.04 bits per heavy atom. The average Bonchev–Trinajstić information content (AvgIpc) is 3.41. The smallest absolute Gasteiger partial charge is 0.228 e. The summed E-state index contributed by atoms with van der Waals surface area (Å²) in [4.78, 5) is 28.8. The molecule has 0 radical (unpaired) electrons. The highest BCUT2D eigenvalue weighted by Gasteiger charge is 2.45. The van der Waals surface area contributed by atoms with Crippen LogP contribution >= 0.6 is 11.3 Å². The summed E-state index contributed by atoms with van der Waals surface area (Å²) >= 11 is 1.72. The fourth-order valence-corrected chi connectivity index (χ4v) is 5.08. The van der Waals surface area contributed by atoms with Gasteiger partial charge in [0.25, 0.3) is 0 Å². The van der Waals surface area contributed by atoms with Gasteiger partial charge in [-0.2, -0.15) is 0 Å². The van der Waals surface area contributed by atoms with Crippen molar-refractivity contribution in [2.45, 2.75) is 32.1 Å². The molecule has 5 heteroatoms. The lowest BCUT2D eigenvalue weighted by Crippen LogP contribution is -2.54. The fourth-order valence-electron chi connectivity index (χ4n) is 4.29. The Labute approximate surface area is 164 Å². The maximum absolute atomic E-state index is 13.0. The van der Waals surface area contributed by atoms with Crippen molar-refractivity contribution in [2.24, 2.45) is 11.3 Å². The van der Waals surface area contributed by atoms with Crippen molar-refractivity contribution in [2.75, 3.05) is 20.1 Å². The van der Waals surface area contributed by atoms with Gasteiger partial charge in [-0.05, 0) is 54.7 Å². The van der Waals surface area contributed by atoms with Gasteiger partial charge in [0.1, 0.15) is 0 Å². The van der Waals surface area contributed by atoms with Crippen LogP contribution in [0.2, 0.25) is 0 Å². The molecule has 1 atom stereocenters. The Hall–Kier alpha value is -2.14. The SMILES string of the molecule is CNC(=O)C1(Cc2ccccc2-c2cccs2)CCCN(C(=O)C2CC2)C1. The van der Waals surface area contributed by atoms with Gasteiger partial charge in [-0.3, -0.25) is 9.59 Å². The van der Waals surface area contributed by atoms with Crippen LogP contribution in [-0.4, -0.2) is 36.9 Å². The van der Waals surface area contributed by atoms with Crippen LogP contribution in [0.4, 0.5) is 0 Å². The van der Waals surface area contributed by atoms with E-state index in [4.69, 9.17) is 0 Å². The van der Waals surface area contributed by atoms with E-state index in [2.05, 4.69) is 41.0 Å². The van der Waals surface area contributed by atoms with Crippen LogP contribution in [-0.2, 0) is 16.0 Å². The maximum atomic E-state index is 13.0. The molecule has 27 heavy (non-hydrogen) atoms. The van der Waals surface area contributed by atoms with E-state index in [1.54, 1.807) is 18.4 Å². The second kappa shape index (κ2) is 7.47. The molecule has 1 N–H and O–H groups in total. The zero-order valence-electron chi connectivity index (χ0n) is 15.7. The number of likely N-dealkylation sites (tertiary alicyclic amines) is 1. The lowest BCUT2D eigenvalue weighted by atomic mass is 9.73. The van der Waals surface area contributed by atoms with Gasteiger partial charge in [0.2, 0.25) is 11.8 Å². The van der Waals surface area contributed by atoms with E-state index in [1.807, 2.05) is 11.0 Å². The zero-order valence-corrected chi connectivity index (χ0v) is 16.6. The highest BCUT2D eigenvalue weighted by atomic mass is 32.1. The minimum atomic E-state index is -0.551. The summed E-state index contributed by atoms with van der Waals surface area (Å²) in [5, 5.41) is 4.96. The molecule has 0 spiro atoms. The zero-order chi connectivity index (χ0) is 18.9. The van der Waals surface area contributed by atoms with E-state index >= 15 is 0 Å². The molecule has 4 rings (SSSR count). The Kier molecular flexibility index (Phi) is 5.04. The topological polar surface area (TPSA) is 49.4 Å². The highest BCUT2D eigenvalue weighted by Crippen LogP contribution is 2.40. The van der Waals surface area contributed by atoms with Crippen LogP contribution in [0.1, 0.15) is 31.2 Å². The molecule has 4 nitrogen and oxygen atoms in total. The largest absolute Gasteiger partial charge is 0.359 e. The van der Waals surface area contributed by atoms with Crippen LogP contribution < -0.4 is 5.32 Å². The van der Waals surface area contributed by atoms with Crippen molar-refractivity contribution in [3.05, 3.63) is 47.3 Å². The minimum Gasteiger partial charge on any atom is -0.359 e. The molecule has 1 unspecified atom stereocenters. The molecule has 1 aromatic heterocycles. The van der Waals surface area contributed by atoms with Gasteiger partial charge < -0.3 is 10.2 Å². The van der Waals surface area contributed by atoms with Crippen LogP contribution in [0.3, 0.4) is 0 Å². The Morgan fingerprint density at radius 3 is 2.74 bits per heavy atom. The number of hydrogen-bond donors (Lipinski definition) is 1. The third kappa shape index (κ3) is 3.65. The van der Waals surface area contributed by atoms with Gasteiger partial charge in [0.05, 0.1) is 5.41 Å². The molecule has 2 aromatic rings. The van der Waals surface area contributed by atoms with E-state index in [1.165, 1.54) is 16.0 Å². The summed E-state index contributed by atoms with van der Waals surface area (Å²) < 4.78 is 0. The minimum absolute atomic E-state index is 0.0526. The predicted octanol–water partition coefficient (Wildman–Crippen LogP) is 3.72. The monoisotopic (exact) mass is 382 g/mol. The van der Waals surface area contributed by atoms with Crippen molar-refractivity contribution in [1.29, 1.82) is 0 Å². The number of nitrogens with one attached hydrogen (secondary N) is 1. The standard InChI is InChI=1S/C22H26N2O2S/c1-23-21(26)22(11-5-12-24(15-22)20(25)16-9-10-16)14-17-6-2-3-7-18(17)19-8-4-13-27-19/h2-4,6-8,13,16H,5,9-12,14-15H2,1H3,(H,23,26). The number of nitrogens with zero attached hydrogens (tertiary/aromatic N) is 1. The molecule has 2 heterocycles. The fraction of sp³-hybridized carbons (Fsp3) is 0.455. The molecule has 2 fully saturated rings. The highest BCUT2D eigenvalue weighted by molar-refractivity contribution is 7.13. The lowest BCUT2D eigenvalue weighted by molar-refractivity contribution is -0.142. The van der Waals surface area contributed by atoms with Gasteiger partial charge in [0.15, 0.2) is 0 Å². The van der Waals surface area contributed by atoms with Crippen LogP contribution in [0, 0.1) is 11.3 Å². The van der Waals surface area contributed by atoms with Crippen LogP contribution in [0.15, 0.2) is 41.8 Å². The third-order valence-electron chi connectivity index (χ3n) is 5.86. The van der Waals surface area contributed by atoms with Crippen molar-refractivity contribution < 1.29 is 9.59 Å². The number of thiophene rings is 1. The molecule has 2 amide bonds. The second-order valence-electron chi connectivity index (χ2n) is 7.81. The molecule has 142 valence electrons. The van der Waals surface area contributed by atoms with Gasteiger partial charge in [0, 0.05) is 30.9 Å². The first-order valence-corrected chi connectivity index (χ1v) is 10.6. The molecule has 1 saturated heterocycles. The van der Waals surface area contributed by atoms with E-state index in [0.29, 0.717) is 13.0 Å². The van der Waals surface area contributed by atoms with Crippen molar-refractivity contribution >= 4 is 23.2 Å². The van der Waals surface area contributed by atoms with E-state index in [9.17, 15) is 9.59 Å². The van der Waals surface area contributed by atoms with E-state index in [-0.39, 0.29) is 17.7 Å². The quantitative estimate of drug-likeness (QED) is 0.857. The first-order chi connectivity index (χ1) is 13.1. The first-order valence-electron chi connectivity index (χ1n) is 9.76. The van der Waals surface area contributed by atoms with E-state index in [0.717, 1.165) is 32.2 Å². The van der Waals surface area contributed by atoms with Crippen molar-refractivity contribution in [3.63, 3.8) is 0 Å². The van der Waals surface area contributed by atoms with Crippen LogP contribution in [0.5, 0.6) is 0 Å². The molecule has 2 aliphatic rings. The van der Waals surface area contributed by atoms with Crippen molar-refractivity contribution in [3.8, 4) is 10.4 Å². The van der Waals surface area contributed by atoms with Crippen molar-refractivity contribution in [1.82, 2.24) is 10.2 Å². The summed E-state index contributed by atoms with van der Waals surface area (Å²) in [6.45, 7) is 1.31. The molecule has 0 bridgehead atoms. The third-order valence-corrected chi connectivity index (χ3v) is 6.76. The Balaban J connectivity index is 1.65. The van der Waals surface area contributed by atoms with Gasteiger partial charge in [-0.15, -0.1) is 11.3 Å². The van der Waals surface area contributed by atoms with Gasteiger partial charge in [-0.25, -0.2) is 0 Å². The molecular weight excluding hydrogens is 356 g/mol. The molecule has 1 aliphatic heterocycles. The summed E-state index contributed by atoms with van der Waals surface area (Å²) in [7, 11) is 1.71. The number of hydrogen-bond acceptors (Lipinski definition) is 3. The van der Waals surface area contributed by atoms with E-state index < -0.39 is 5.41 Å². The Bertz CT molecular complexity index is 829. The number of piperidine rings is 1. The predicted molar refractivity (Wildman–Crippen MR) is 108 cm³/mol. The number of benzene rings is 1. The molecular formula is C22H26N2O2S. The van der Waals surface area contributed by atoms with Crippen LogP contribution in [0.25, 0.3) is 10.4 Å². The summed E-state index contributed by atoms with van der Waals surface area (Å²) in [6.07, 6.45) is 4.37. The van der Waals surface area contributed by atoms with Gasteiger partial charge in [-0.1, -0.05) is 30.3 Å². The average molecular weight is 383 g/mol. The summed E-state index contributed by atoms with van der Waals surface area (Å²) in [5.74, 6) is 0.496. The number of amides is 2. The molecule has 1 aliphatic carbocycles. The number of rotatable bonds is 5. The normalized spacial score (nSPS) is 22.5. The number of carbonyl (C=O) groups is 2. The molecule has 1 saturated carbocycles. The molecule has 1 aromatic carbocycles. The lowest BCUT2D eigenvalue weighted by Gasteiger charge is -2.42. The summed E-state index contributed by atoms with van der Waals surface area (Å²) in [6, 6.07) is 12.5. The summed E-state index contributed by atoms with van der Waals surface area (Å²) in [5.41, 5.74) is 1.83. The van der Waals surface area contributed by atoms with Gasteiger partial charge >= 0.3 is 0 Å². The number of carbonyl (C=O) groups excluding carboxylic acids is 2. The second-order valence-corrected chi connectivity index (χ2v) is 8.76. The first kappa shape index (κ1) is 18.2.